The molecule has 0 heterocycles. The van der Waals surface area contributed by atoms with E-state index in [0.717, 1.165) is 23.7 Å². The Kier molecular flexibility index (Phi) is 5.02. The minimum Gasteiger partial charge on any atom is -0.205 e. The van der Waals surface area contributed by atoms with E-state index in [1.165, 1.54) is 6.07 Å². The Balaban J connectivity index is 2.89. The van der Waals surface area contributed by atoms with Gasteiger partial charge in [-0.15, -0.1) is 0 Å². The lowest BCUT2D eigenvalue weighted by Crippen LogP contribution is -1.93. The van der Waals surface area contributed by atoms with Gasteiger partial charge in [0.2, 0.25) is 0 Å². The zero-order valence-electron chi connectivity index (χ0n) is 7.44. The maximum atomic E-state index is 12.5. The lowest BCUT2D eigenvalue weighted by molar-refractivity contribution is 0.150. The minimum absolute atomic E-state index is 0.0806. The second-order valence-electron chi connectivity index (χ2n) is 2.91. The van der Waals surface area contributed by atoms with E-state index in [2.05, 4.69) is 31.9 Å². The van der Waals surface area contributed by atoms with Crippen LogP contribution in [0.3, 0.4) is 0 Å². The first-order chi connectivity index (χ1) is 6.66. The third-order valence-corrected chi connectivity index (χ3v) is 3.45. The van der Waals surface area contributed by atoms with Crippen molar-refractivity contribution in [3.63, 3.8) is 0 Å². The van der Waals surface area contributed by atoms with Gasteiger partial charge in [0.1, 0.15) is 0 Å². The van der Waals surface area contributed by atoms with Crippen molar-refractivity contribution in [1.29, 1.82) is 0 Å². The summed E-state index contributed by atoms with van der Waals surface area (Å²) in [6.07, 6.45) is -0.647. The van der Waals surface area contributed by atoms with Crippen LogP contribution in [-0.2, 0) is 6.42 Å². The number of benzene rings is 1. The Morgan fingerprint density at radius 3 is 2.57 bits per heavy atom. The molecule has 4 heteroatoms. The molecule has 0 aliphatic heterocycles. The van der Waals surface area contributed by atoms with Gasteiger partial charge in [0.15, 0.2) is 0 Å². The van der Waals surface area contributed by atoms with Crippen molar-refractivity contribution in [1.82, 2.24) is 0 Å². The van der Waals surface area contributed by atoms with Gasteiger partial charge in [-0.25, -0.2) is 8.78 Å². The van der Waals surface area contributed by atoms with Crippen LogP contribution in [0.5, 0.6) is 0 Å². The third kappa shape index (κ3) is 3.02. The highest BCUT2D eigenvalue weighted by Gasteiger charge is 2.13. The van der Waals surface area contributed by atoms with Crippen molar-refractivity contribution in [3.8, 4) is 0 Å². The van der Waals surface area contributed by atoms with Crippen LogP contribution >= 0.6 is 31.9 Å². The minimum atomic E-state index is -2.41. The van der Waals surface area contributed by atoms with Crippen LogP contribution in [0.1, 0.15) is 24.0 Å². The number of aryl methyl sites for hydroxylation is 1. The fourth-order valence-corrected chi connectivity index (χ4v) is 2.13. The summed E-state index contributed by atoms with van der Waals surface area (Å²) in [6.45, 7) is 0. The Labute approximate surface area is 99.0 Å². The predicted octanol–water partition coefficient (Wildman–Crippen LogP) is 4.71. The predicted molar refractivity (Wildman–Crippen MR) is 61.2 cm³/mol. The fourth-order valence-electron chi connectivity index (χ4n) is 1.22. The van der Waals surface area contributed by atoms with E-state index in [9.17, 15) is 8.78 Å². The van der Waals surface area contributed by atoms with E-state index in [1.807, 2.05) is 6.07 Å². The molecule has 0 fully saturated rings. The molecule has 0 saturated carbocycles. The van der Waals surface area contributed by atoms with Crippen molar-refractivity contribution >= 4 is 31.9 Å². The molecule has 14 heavy (non-hydrogen) atoms. The lowest BCUT2D eigenvalue weighted by Gasteiger charge is -2.08. The summed E-state index contributed by atoms with van der Waals surface area (Å²) in [6, 6.07) is 5.00. The summed E-state index contributed by atoms with van der Waals surface area (Å²) < 4.78 is 25.5. The van der Waals surface area contributed by atoms with E-state index in [-0.39, 0.29) is 5.56 Å². The van der Waals surface area contributed by atoms with Gasteiger partial charge in [-0.05, 0) is 18.4 Å². The molecule has 0 bridgehead atoms. The average Bonchev–Trinajstić information content (AvgIpc) is 2.16. The summed E-state index contributed by atoms with van der Waals surface area (Å²) in [5.74, 6) is 0. The van der Waals surface area contributed by atoms with Gasteiger partial charge in [0.05, 0.1) is 0 Å². The molecule has 0 spiro atoms. The van der Waals surface area contributed by atoms with E-state index in [4.69, 9.17) is 0 Å². The number of alkyl halides is 3. The second kappa shape index (κ2) is 5.81. The Morgan fingerprint density at radius 2 is 2.00 bits per heavy atom. The molecule has 0 amide bonds. The van der Waals surface area contributed by atoms with Gasteiger partial charge in [-0.3, -0.25) is 0 Å². The van der Waals surface area contributed by atoms with Crippen molar-refractivity contribution < 1.29 is 8.78 Å². The molecule has 0 aliphatic rings. The molecule has 1 aromatic rings. The molecule has 0 saturated heterocycles. The summed E-state index contributed by atoms with van der Waals surface area (Å²) in [5.41, 5.74) is 1.03. The van der Waals surface area contributed by atoms with Gasteiger partial charge < -0.3 is 0 Å². The Bertz CT molecular complexity index is 300. The summed E-state index contributed by atoms with van der Waals surface area (Å²) in [4.78, 5) is 0. The molecule has 1 aromatic carbocycles. The maximum Gasteiger partial charge on any atom is 0.264 e. The van der Waals surface area contributed by atoms with Gasteiger partial charge >= 0.3 is 0 Å². The normalized spacial score (nSPS) is 10.9. The van der Waals surface area contributed by atoms with Crippen molar-refractivity contribution in [2.24, 2.45) is 0 Å². The number of halogens is 4. The SMILES string of the molecule is FC(F)c1cccc(CCCBr)c1Br. The van der Waals surface area contributed by atoms with Crippen LogP contribution in [0.4, 0.5) is 8.78 Å². The highest BCUT2D eigenvalue weighted by Crippen LogP contribution is 2.30. The first-order valence-corrected chi connectivity index (χ1v) is 6.19. The monoisotopic (exact) mass is 326 g/mol. The van der Waals surface area contributed by atoms with Gasteiger partial charge in [-0.2, -0.15) is 0 Å². The average molecular weight is 328 g/mol. The molecule has 78 valence electrons. The summed E-state index contributed by atoms with van der Waals surface area (Å²) in [7, 11) is 0. The molecule has 0 nitrogen and oxygen atoms in total. The smallest absolute Gasteiger partial charge is 0.205 e. The maximum absolute atomic E-state index is 12.5. The zero-order valence-corrected chi connectivity index (χ0v) is 10.6. The standard InChI is InChI=1S/C10H10Br2F2/c11-6-2-4-7-3-1-5-8(9(7)12)10(13)14/h1,3,5,10H,2,4,6H2. The molecule has 0 aromatic heterocycles. The summed E-state index contributed by atoms with van der Waals surface area (Å²) >= 11 is 6.53. The molecule has 0 N–H and O–H groups in total. The van der Waals surface area contributed by atoms with Crippen molar-refractivity contribution in [2.75, 3.05) is 5.33 Å². The van der Waals surface area contributed by atoms with Gasteiger partial charge in [0.25, 0.3) is 6.43 Å². The van der Waals surface area contributed by atoms with Crippen LogP contribution in [0, 0.1) is 0 Å². The van der Waals surface area contributed by atoms with Crippen molar-refractivity contribution in [3.05, 3.63) is 33.8 Å². The zero-order chi connectivity index (χ0) is 10.6. The van der Waals surface area contributed by atoms with Crippen LogP contribution in [-0.4, -0.2) is 5.33 Å². The van der Waals surface area contributed by atoms with Crippen molar-refractivity contribution in [2.45, 2.75) is 19.3 Å². The van der Waals surface area contributed by atoms with E-state index >= 15 is 0 Å². The van der Waals surface area contributed by atoms with Gasteiger partial charge in [0, 0.05) is 15.4 Å². The van der Waals surface area contributed by atoms with E-state index < -0.39 is 6.43 Å². The molecule has 1 rings (SSSR count). The van der Waals surface area contributed by atoms with E-state index in [1.54, 1.807) is 6.07 Å². The molecular weight excluding hydrogens is 318 g/mol. The molecular formula is C10H10Br2F2. The highest BCUT2D eigenvalue weighted by molar-refractivity contribution is 9.10. The number of hydrogen-bond acceptors (Lipinski definition) is 0. The number of hydrogen-bond donors (Lipinski definition) is 0. The van der Waals surface area contributed by atoms with Crippen LogP contribution in [0.15, 0.2) is 22.7 Å². The highest BCUT2D eigenvalue weighted by atomic mass is 79.9. The fraction of sp³-hybridized carbons (Fsp3) is 0.400. The molecule has 0 aliphatic carbocycles. The lowest BCUT2D eigenvalue weighted by atomic mass is 10.1. The Hall–Kier alpha value is 0.0400. The third-order valence-electron chi connectivity index (χ3n) is 1.92. The second-order valence-corrected chi connectivity index (χ2v) is 4.50. The van der Waals surface area contributed by atoms with Crippen LogP contribution < -0.4 is 0 Å². The molecule has 0 atom stereocenters. The topological polar surface area (TPSA) is 0 Å². The summed E-state index contributed by atoms with van der Waals surface area (Å²) in [5, 5.41) is 0.887. The quantitative estimate of drug-likeness (QED) is 0.702. The number of rotatable bonds is 4. The Morgan fingerprint density at radius 1 is 1.29 bits per heavy atom. The first-order valence-electron chi connectivity index (χ1n) is 4.28. The molecule has 0 unspecified atom stereocenters. The van der Waals surface area contributed by atoms with Gasteiger partial charge in [-0.1, -0.05) is 50.1 Å². The van der Waals surface area contributed by atoms with E-state index in [0.29, 0.717) is 4.47 Å². The van der Waals surface area contributed by atoms with Crippen LogP contribution in [0.25, 0.3) is 0 Å². The molecule has 0 radical (unpaired) electrons. The first kappa shape index (κ1) is 12.1. The largest absolute Gasteiger partial charge is 0.264 e. The van der Waals surface area contributed by atoms with Crippen LogP contribution in [0.2, 0.25) is 0 Å².